The van der Waals surface area contributed by atoms with E-state index >= 15 is 0 Å². The van der Waals surface area contributed by atoms with Crippen LogP contribution in [0.2, 0.25) is 0 Å². The number of rotatable bonds is 1. The Labute approximate surface area is 99.1 Å². The summed E-state index contributed by atoms with van der Waals surface area (Å²) in [6, 6.07) is 5.77. The van der Waals surface area contributed by atoms with Gasteiger partial charge in [-0.25, -0.2) is 0 Å². The number of thioether (sulfide) groups is 1. The van der Waals surface area contributed by atoms with Crippen molar-refractivity contribution in [2.45, 2.75) is 18.6 Å². The lowest BCUT2D eigenvalue weighted by Crippen LogP contribution is -2.42. The van der Waals surface area contributed by atoms with Gasteiger partial charge in [-0.1, -0.05) is 6.07 Å². The van der Waals surface area contributed by atoms with Crippen molar-refractivity contribution in [3.63, 3.8) is 0 Å². The summed E-state index contributed by atoms with van der Waals surface area (Å²) in [6.07, 6.45) is 1.88. The second-order valence-corrected chi connectivity index (χ2v) is 5.24. The molecule has 2 heterocycles. The third-order valence-corrected chi connectivity index (χ3v) is 3.99. The van der Waals surface area contributed by atoms with Crippen LogP contribution in [0.25, 0.3) is 0 Å². The lowest BCUT2D eigenvalue weighted by atomic mass is 10.1. The summed E-state index contributed by atoms with van der Waals surface area (Å²) >= 11 is 1.95. The van der Waals surface area contributed by atoms with Gasteiger partial charge in [0.25, 0.3) is 5.79 Å². The maximum absolute atomic E-state index is 6.00. The molecule has 0 amide bonds. The monoisotopic (exact) mass is 238 g/mol. The van der Waals surface area contributed by atoms with Gasteiger partial charge in [-0.05, 0) is 12.1 Å². The smallest absolute Gasteiger partial charge is 0.253 e. The lowest BCUT2D eigenvalue weighted by molar-refractivity contribution is -0.0850. The van der Waals surface area contributed by atoms with E-state index in [0.717, 1.165) is 41.6 Å². The minimum absolute atomic E-state index is 0.428. The Balaban J connectivity index is 1.93. The number of methoxy groups -OCH3 is 1. The van der Waals surface area contributed by atoms with E-state index < -0.39 is 5.79 Å². The fourth-order valence-electron chi connectivity index (χ4n) is 2.13. The molecule has 0 aromatic heterocycles. The molecule has 0 N–H and O–H groups in total. The predicted octanol–water partition coefficient (Wildman–Crippen LogP) is 2.69. The van der Waals surface area contributed by atoms with E-state index in [4.69, 9.17) is 14.2 Å². The molecular formula is C12H14O3S. The molecule has 0 saturated carbocycles. The first-order chi connectivity index (χ1) is 7.83. The summed E-state index contributed by atoms with van der Waals surface area (Å²) < 4.78 is 17.2. The Morgan fingerprint density at radius 3 is 2.81 bits per heavy atom. The van der Waals surface area contributed by atoms with Crippen molar-refractivity contribution in [3.05, 3.63) is 18.2 Å². The molecule has 86 valence electrons. The quantitative estimate of drug-likeness (QED) is 0.752. The third kappa shape index (κ3) is 1.52. The first kappa shape index (κ1) is 10.1. The number of para-hydroxylation sites is 1. The largest absolute Gasteiger partial charge is 0.493 e. The minimum Gasteiger partial charge on any atom is -0.493 e. The van der Waals surface area contributed by atoms with E-state index in [1.165, 1.54) is 0 Å². The van der Waals surface area contributed by atoms with Crippen LogP contribution >= 0.6 is 11.8 Å². The fourth-order valence-corrected chi connectivity index (χ4v) is 3.25. The van der Waals surface area contributed by atoms with Gasteiger partial charge < -0.3 is 14.2 Å². The van der Waals surface area contributed by atoms with Crippen molar-refractivity contribution in [2.24, 2.45) is 0 Å². The highest BCUT2D eigenvalue weighted by Crippen LogP contribution is 2.49. The van der Waals surface area contributed by atoms with Gasteiger partial charge in [0.05, 0.1) is 7.11 Å². The fraction of sp³-hybridized carbons (Fsp3) is 0.500. The van der Waals surface area contributed by atoms with E-state index in [1.807, 2.05) is 30.0 Å². The van der Waals surface area contributed by atoms with Crippen LogP contribution in [0.1, 0.15) is 12.8 Å². The van der Waals surface area contributed by atoms with Gasteiger partial charge in [0.15, 0.2) is 11.5 Å². The van der Waals surface area contributed by atoms with Crippen molar-refractivity contribution in [2.75, 3.05) is 18.6 Å². The maximum Gasteiger partial charge on any atom is 0.253 e. The van der Waals surface area contributed by atoms with Crippen molar-refractivity contribution < 1.29 is 14.2 Å². The van der Waals surface area contributed by atoms with Crippen LogP contribution in [-0.2, 0) is 0 Å². The molecule has 0 radical (unpaired) electrons. The Morgan fingerprint density at radius 1 is 1.25 bits per heavy atom. The Bertz CT molecular complexity index is 399. The second-order valence-electron chi connectivity index (χ2n) is 4.01. The van der Waals surface area contributed by atoms with E-state index in [1.54, 1.807) is 7.11 Å². The van der Waals surface area contributed by atoms with Crippen LogP contribution in [-0.4, -0.2) is 24.4 Å². The van der Waals surface area contributed by atoms with Crippen molar-refractivity contribution in [1.82, 2.24) is 0 Å². The zero-order valence-electron chi connectivity index (χ0n) is 9.19. The highest BCUT2D eigenvalue weighted by Gasteiger charge is 2.43. The summed E-state index contributed by atoms with van der Waals surface area (Å²) in [5, 5.41) is 0. The first-order valence-corrected chi connectivity index (χ1v) is 6.61. The molecular weight excluding hydrogens is 224 g/mol. The molecule has 0 atom stereocenters. The van der Waals surface area contributed by atoms with Crippen LogP contribution < -0.4 is 14.2 Å². The molecule has 2 aliphatic rings. The molecule has 0 unspecified atom stereocenters. The molecule has 0 aliphatic carbocycles. The number of benzene rings is 1. The summed E-state index contributed by atoms with van der Waals surface area (Å²) in [7, 11) is 1.65. The van der Waals surface area contributed by atoms with Crippen LogP contribution in [0.4, 0.5) is 0 Å². The molecule has 1 spiro atoms. The van der Waals surface area contributed by atoms with Crippen molar-refractivity contribution in [3.8, 4) is 17.2 Å². The Morgan fingerprint density at radius 2 is 2.06 bits per heavy atom. The summed E-state index contributed by atoms with van der Waals surface area (Å²) in [5.41, 5.74) is 0. The molecule has 2 aliphatic heterocycles. The van der Waals surface area contributed by atoms with E-state index in [2.05, 4.69) is 0 Å². The molecule has 1 aromatic carbocycles. The summed E-state index contributed by atoms with van der Waals surface area (Å²) in [4.78, 5) is 0. The van der Waals surface area contributed by atoms with E-state index in [0.29, 0.717) is 0 Å². The Kier molecular flexibility index (Phi) is 2.39. The van der Waals surface area contributed by atoms with Crippen LogP contribution in [0.15, 0.2) is 18.2 Å². The second kappa shape index (κ2) is 3.77. The molecule has 4 heteroatoms. The van der Waals surface area contributed by atoms with Crippen LogP contribution in [0.5, 0.6) is 17.2 Å². The molecule has 3 rings (SSSR count). The third-order valence-electron chi connectivity index (χ3n) is 3.00. The van der Waals surface area contributed by atoms with Gasteiger partial charge in [0.2, 0.25) is 5.75 Å². The van der Waals surface area contributed by atoms with E-state index in [-0.39, 0.29) is 0 Å². The van der Waals surface area contributed by atoms with Gasteiger partial charge in [0, 0.05) is 24.3 Å². The normalized spacial score (nSPS) is 21.1. The molecule has 16 heavy (non-hydrogen) atoms. The number of hydrogen-bond acceptors (Lipinski definition) is 4. The highest BCUT2D eigenvalue weighted by molar-refractivity contribution is 7.99. The van der Waals surface area contributed by atoms with Crippen LogP contribution in [0.3, 0.4) is 0 Å². The van der Waals surface area contributed by atoms with Gasteiger partial charge in [-0.3, -0.25) is 0 Å². The molecule has 1 fully saturated rings. The molecule has 0 bridgehead atoms. The Hall–Kier alpha value is -1.03. The summed E-state index contributed by atoms with van der Waals surface area (Å²) in [5.74, 6) is 4.09. The SMILES string of the molecule is COc1cccc2c1OC1(CCSCC1)O2. The van der Waals surface area contributed by atoms with Crippen molar-refractivity contribution >= 4 is 11.8 Å². The minimum atomic E-state index is -0.428. The zero-order valence-corrected chi connectivity index (χ0v) is 10.0. The van der Waals surface area contributed by atoms with Gasteiger partial charge in [-0.15, -0.1) is 0 Å². The van der Waals surface area contributed by atoms with Crippen molar-refractivity contribution in [1.29, 1.82) is 0 Å². The number of ether oxygens (including phenoxy) is 3. The standard InChI is InChI=1S/C12H14O3S/c1-13-9-3-2-4-10-11(9)15-12(14-10)5-7-16-8-6-12/h2-4H,5-8H2,1H3. The number of fused-ring (bicyclic) bond motifs is 1. The van der Waals surface area contributed by atoms with Gasteiger partial charge in [0.1, 0.15) is 0 Å². The molecule has 1 saturated heterocycles. The molecule has 1 aromatic rings. The van der Waals surface area contributed by atoms with E-state index in [9.17, 15) is 0 Å². The van der Waals surface area contributed by atoms with Gasteiger partial charge in [-0.2, -0.15) is 11.8 Å². The average Bonchev–Trinajstić information content (AvgIpc) is 2.67. The highest BCUT2D eigenvalue weighted by atomic mass is 32.2. The first-order valence-electron chi connectivity index (χ1n) is 5.46. The molecule has 3 nitrogen and oxygen atoms in total. The average molecular weight is 238 g/mol. The van der Waals surface area contributed by atoms with Gasteiger partial charge >= 0.3 is 0 Å². The summed E-state index contributed by atoms with van der Waals surface area (Å²) in [6.45, 7) is 0. The lowest BCUT2D eigenvalue weighted by Gasteiger charge is -2.30. The van der Waals surface area contributed by atoms with Crippen LogP contribution in [0, 0.1) is 0 Å². The zero-order chi connectivity index (χ0) is 11.0. The topological polar surface area (TPSA) is 27.7 Å². The predicted molar refractivity (Wildman–Crippen MR) is 63.5 cm³/mol. The maximum atomic E-state index is 6.00. The number of hydrogen-bond donors (Lipinski definition) is 0.